The SMILES string of the molecule is OCCn1nc(O[C@@H]2O[C@H](CO)[C@@H](O)[C@H](O)[C@H]2O)c2c(CCc3ccc(OCCNC(CO)CO)cc3)cccc21. The Kier molecular flexibility index (Phi) is 11.3. The standard InChI is InChI=1S/C28H39N3O10/c32-12-11-31-21-3-1-2-18(7-4-17-5-8-20(9-6-17)39-13-10-29-19(14-33)15-34)23(21)27(30-31)41-28-26(38)25(37)24(36)22(16-35)40-28/h1-3,5-6,8-9,19,22,24-26,28-29,32-38H,4,7,10-16H2/t22-,24-,25+,26-,28+/m1/s1. The lowest BCUT2D eigenvalue weighted by atomic mass is 9.99. The summed E-state index contributed by atoms with van der Waals surface area (Å²) in [7, 11) is 0. The Labute approximate surface area is 237 Å². The van der Waals surface area contributed by atoms with E-state index in [-0.39, 0.29) is 38.3 Å². The molecule has 1 aromatic heterocycles. The molecule has 1 saturated heterocycles. The number of benzene rings is 2. The van der Waals surface area contributed by atoms with Crippen LogP contribution in [0.4, 0.5) is 0 Å². The number of nitrogens with one attached hydrogen (secondary N) is 1. The van der Waals surface area contributed by atoms with Crippen molar-refractivity contribution in [2.24, 2.45) is 0 Å². The van der Waals surface area contributed by atoms with Gasteiger partial charge in [-0.05, 0) is 42.2 Å². The van der Waals surface area contributed by atoms with Gasteiger partial charge >= 0.3 is 0 Å². The van der Waals surface area contributed by atoms with Gasteiger partial charge in [-0.3, -0.25) is 4.68 Å². The zero-order valence-electron chi connectivity index (χ0n) is 22.6. The molecule has 0 amide bonds. The van der Waals surface area contributed by atoms with E-state index >= 15 is 0 Å². The molecule has 41 heavy (non-hydrogen) atoms. The number of aryl methyl sites for hydroxylation is 2. The summed E-state index contributed by atoms with van der Waals surface area (Å²) in [6, 6.07) is 13.0. The van der Waals surface area contributed by atoms with Crippen LogP contribution in [-0.4, -0.2) is 122 Å². The first-order valence-electron chi connectivity index (χ1n) is 13.6. The van der Waals surface area contributed by atoms with E-state index in [2.05, 4.69) is 10.4 Å². The van der Waals surface area contributed by atoms with E-state index in [1.807, 2.05) is 42.5 Å². The number of hydrogen-bond donors (Lipinski definition) is 8. The van der Waals surface area contributed by atoms with Crippen molar-refractivity contribution < 1.29 is 50.0 Å². The van der Waals surface area contributed by atoms with Crippen LogP contribution in [0.15, 0.2) is 42.5 Å². The Morgan fingerprint density at radius 2 is 1.68 bits per heavy atom. The van der Waals surface area contributed by atoms with Gasteiger partial charge in [0.05, 0.1) is 49.9 Å². The van der Waals surface area contributed by atoms with Gasteiger partial charge in [0.15, 0.2) is 0 Å². The molecule has 0 spiro atoms. The second-order valence-electron chi connectivity index (χ2n) is 9.89. The summed E-state index contributed by atoms with van der Waals surface area (Å²) in [5.41, 5.74) is 2.67. The zero-order valence-corrected chi connectivity index (χ0v) is 22.6. The minimum Gasteiger partial charge on any atom is -0.492 e. The van der Waals surface area contributed by atoms with Crippen LogP contribution in [0.5, 0.6) is 11.6 Å². The van der Waals surface area contributed by atoms with E-state index in [0.29, 0.717) is 42.6 Å². The molecule has 4 rings (SSSR count). The number of ether oxygens (including phenoxy) is 3. The summed E-state index contributed by atoms with van der Waals surface area (Å²) < 4.78 is 18.8. The molecule has 1 aliphatic heterocycles. The van der Waals surface area contributed by atoms with Crippen LogP contribution in [-0.2, 0) is 24.1 Å². The van der Waals surface area contributed by atoms with Gasteiger partial charge in [-0.25, -0.2) is 0 Å². The number of rotatable bonds is 15. The van der Waals surface area contributed by atoms with Gasteiger partial charge in [0.25, 0.3) is 0 Å². The molecule has 0 unspecified atom stereocenters. The molecule has 5 atom stereocenters. The maximum atomic E-state index is 10.5. The van der Waals surface area contributed by atoms with Crippen molar-refractivity contribution in [3.63, 3.8) is 0 Å². The normalized spacial score (nSPS) is 22.9. The van der Waals surface area contributed by atoms with Crippen molar-refractivity contribution in [1.29, 1.82) is 0 Å². The van der Waals surface area contributed by atoms with Crippen LogP contribution >= 0.6 is 0 Å². The Hall–Kier alpha value is -2.85. The lowest BCUT2D eigenvalue weighted by Crippen LogP contribution is -2.60. The van der Waals surface area contributed by atoms with Crippen LogP contribution < -0.4 is 14.8 Å². The quantitative estimate of drug-likeness (QED) is 0.0956. The number of hydrogen-bond acceptors (Lipinski definition) is 12. The third-order valence-corrected chi connectivity index (χ3v) is 7.07. The first-order valence-corrected chi connectivity index (χ1v) is 13.6. The van der Waals surface area contributed by atoms with Gasteiger partial charge < -0.3 is 55.3 Å². The monoisotopic (exact) mass is 577 g/mol. The predicted octanol–water partition coefficient (Wildman–Crippen LogP) is -1.69. The van der Waals surface area contributed by atoms with E-state index < -0.39 is 37.3 Å². The molecule has 8 N–H and O–H groups in total. The second kappa shape index (κ2) is 14.9. The molecule has 2 aromatic carbocycles. The number of fused-ring (bicyclic) bond motifs is 1. The van der Waals surface area contributed by atoms with Gasteiger partial charge in [0, 0.05) is 6.54 Å². The van der Waals surface area contributed by atoms with Crippen LogP contribution in [0.25, 0.3) is 10.9 Å². The summed E-state index contributed by atoms with van der Waals surface area (Å²) in [5.74, 6) is 0.832. The lowest BCUT2D eigenvalue weighted by Gasteiger charge is -2.39. The van der Waals surface area contributed by atoms with Crippen LogP contribution in [0.2, 0.25) is 0 Å². The van der Waals surface area contributed by atoms with Crippen molar-refractivity contribution in [3.05, 3.63) is 53.6 Å². The minimum atomic E-state index is -1.59. The fraction of sp³-hybridized carbons (Fsp3) is 0.536. The Balaban J connectivity index is 1.46. The highest BCUT2D eigenvalue weighted by atomic mass is 16.7. The second-order valence-corrected chi connectivity index (χ2v) is 9.89. The third-order valence-electron chi connectivity index (χ3n) is 7.07. The summed E-state index contributed by atoms with van der Waals surface area (Å²) in [5, 5.41) is 76.1. The molecule has 0 bridgehead atoms. The molecule has 0 radical (unpaired) electrons. The smallest absolute Gasteiger partial charge is 0.243 e. The van der Waals surface area contributed by atoms with Crippen LogP contribution in [0.3, 0.4) is 0 Å². The molecule has 1 aliphatic rings. The molecule has 0 saturated carbocycles. The van der Waals surface area contributed by atoms with Crippen molar-refractivity contribution in [1.82, 2.24) is 15.1 Å². The summed E-state index contributed by atoms with van der Waals surface area (Å²) in [4.78, 5) is 0. The molecule has 2 heterocycles. The van der Waals surface area contributed by atoms with Gasteiger partial charge in [-0.2, -0.15) is 0 Å². The third kappa shape index (κ3) is 7.52. The fourth-order valence-electron chi connectivity index (χ4n) is 4.74. The van der Waals surface area contributed by atoms with E-state index in [9.17, 15) is 25.5 Å². The van der Waals surface area contributed by atoms with Gasteiger partial charge in [0.1, 0.15) is 36.8 Å². The Morgan fingerprint density at radius 1 is 0.927 bits per heavy atom. The molecule has 1 fully saturated rings. The van der Waals surface area contributed by atoms with Crippen LogP contribution in [0, 0.1) is 0 Å². The largest absolute Gasteiger partial charge is 0.492 e. The maximum Gasteiger partial charge on any atom is 0.243 e. The highest BCUT2D eigenvalue weighted by Gasteiger charge is 2.45. The number of aromatic nitrogens is 2. The lowest BCUT2D eigenvalue weighted by molar-refractivity contribution is -0.278. The average molecular weight is 578 g/mol. The van der Waals surface area contributed by atoms with Gasteiger partial charge in [-0.15, -0.1) is 5.10 Å². The van der Waals surface area contributed by atoms with Crippen LogP contribution in [0.1, 0.15) is 11.1 Å². The molecule has 3 aromatic rings. The number of nitrogens with zero attached hydrogens (tertiary/aromatic N) is 2. The van der Waals surface area contributed by atoms with E-state index in [1.165, 1.54) is 0 Å². The first kappa shape index (κ1) is 31.1. The number of aliphatic hydroxyl groups excluding tert-OH is 7. The van der Waals surface area contributed by atoms with E-state index in [1.54, 1.807) is 4.68 Å². The maximum absolute atomic E-state index is 10.5. The summed E-state index contributed by atoms with van der Waals surface area (Å²) in [6.07, 6.45) is -5.89. The molecule has 226 valence electrons. The Bertz CT molecular complexity index is 1220. The van der Waals surface area contributed by atoms with Gasteiger partial charge in [-0.1, -0.05) is 24.3 Å². The number of aliphatic hydroxyl groups is 7. The first-order chi connectivity index (χ1) is 19.9. The van der Waals surface area contributed by atoms with Crippen molar-refractivity contribution >= 4 is 10.9 Å². The fourth-order valence-corrected chi connectivity index (χ4v) is 4.74. The highest BCUT2D eigenvalue weighted by molar-refractivity contribution is 5.88. The average Bonchev–Trinajstić information content (AvgIpc) is 3.34. The molecular formula is C28H39N3O10. The molecular weight excluding hydrogens is 538 g/mol. The Morgan fingerprint density at radius 3 is 2.37 bits per heavy atom. The topological polar surface area (TPSA) is 199 Å². The molecule has 0 aliphatic carbocycles. The highest BCUT2D eigenvalue weighted by Crippen LogP contribution is 2.32. The summed E-state index contributed by atoms with van der Waals surface area (Å²) in [6.45, 7) is 0.0291. The van der Waals surface area contributed by atoms with E-state index in [4.69, 9.17) is 24.4 Å². The van der Waals surface area contributed by atoms with Crippen molar-refractivity contribution in [3.8, 4) is 11.6 Å². The van der Waals surface area contributed by atoms with Crippen molar-refractivity contribution in [2.45, 2.75) is 56.1 Å². The van der Waals surface area contributed by atoms with Gasteiger partial charge in [0.2, 0.25) is 12.2 Å². The zero-order chi connectivity index (χ0) is 29.4. The predicted molar refractivity (Wildman–Crippen MR) is 147 cm³/mol. The molecule has 13 nitrogen and oxygen atoms in total. The van der Waals surface area contributed by atoms with E-state index in [0.717, 1.165) is 11.1 Å². The summed E-state index contributed by atoms with van der Waals surface area (Å²) >= 11 is 0. The molecule has 13 heteroatoms. The minimum absolute atomic E-state index is 0.135. The van der Waals surface area contributed by atoms with Crippen molar-refractivity contribution in [2.75, 3.05) is 39.6 Å².